The molecule has 0 saturated carbocycles. The van der Waals surface area contributed by atoms with E-state index in [2.05, 4.69) is 34.9 Å². The Balaban J connectivity index is 1.71. The zero-order valence-corrected chi connectivity index (χ0v) is 13.6. The second-order valence-electron chi connectivity index (χ2n) is 6.89. The van der Waals surface area contributed by atoms with Crippen molar-refractivity contribution >= 4 is 0 Å². The molecule has 0 bridgehead atoms. The number of benzene rings is 1. The molecule has 0 amide bonds. The van der Waals surface area contributed by atoms with Crippen molar-refractivity contribution in [3.05, 3.63) is 34.9 Å². The molecule has 0 aromatic heterocycles. The van der Waals surface area contributed by atoms with Crippen molar-refractivity contribution in [3.63, 3.8) is 0 Å². The van der Waals surface area contributed by atoms with E-state index in [1.54, 1.807) is 11.1 Å². The van der Waals surface area contributed by atoms with Gasteiger partial charge in [0.05, 0.1) is 0 Å². The molecule has 2 aliphatic heterocycles. The van der Waals surface area contributed by atoms with Crippen LogP contribution in [0.25, 0.3) is 0 Å². The molecule has 0 radical (unpaired) electrons. The van der Waals surface area contributed by atoms with Gasteiger partial charge in [0.25, 0.3) is 0 Å². The molecule has 2 fully saturated rings. The van der Waals surface area contributed by atoms with Crippen molar-refractivity contribution in [1.29, 1.82) is 0 Å². The molecule has 2 nitrogen and oxygen atoms in total. The first-order valence-electron chi connectivity index (χ1n) is 8.85. The Hall–Kier alpha value is -0.860. The summed E-state index contributed by atoms with van der Waals surface area (Å²) in [5.41, 5.74) is 4.66. The van der Waals surface area contributed by atoms with Crippen molar-refractivity contribution in [1.82, 2.24) is 9.80 Å². The summed E-state index contributed by atoms with van der Waals surface area (Å²) in [5, 5.41) is 0. The first-order chi connectivity index (χ1) is 10.3. The minimum atomic E-state index is 1.16. The van der Waals surface area contributed by atoms with Crippen LogP contribution in [-0.2, 0) is 13.1 Å². The van der Waals surface area contributed by atoms with Gasteiger partial charge in [-0.3, -0.25) is 9.80 Å². The second-order valence-corrected chi connectivity index (χ2v) is 6.89. The van der Waals surface area contributed by atoms with Crippen molar-refractivity contribution in [3.8, 4) is 0 Å². The monoisotopic (exact) mass is 286 g/mol. The summed E-state index contributed by atoms with van der Waals surface area (Å²) in [4.78, 5) is 5.31. The number of piperidine rings is 2. The van der Waals surface area contributed by atoms with Gasteiger partial charge >= 0.3 is 0 Å². The van der Waals surface area contributed by atoms with Gasteiger partial charge in [0.1, 0.15) is 0 Å². The van der Waals surface area contributed by atoms with E-state index in [-0.39, 0.29) is 0 Å². The van der Waals surface area contributed by atoms with Gasteiger partial charge in [-0.25, -0.2) is 0 Å². The van der Waals surface area contributed by atoms with E-state index in [1.807, 2.05) is 0 Å². The Morgan fingerprint density at radius 1 is 0.762 bits per heavy atom. The van der Waals surface area contributed by atoms with Crippen LogP contribution in [-0.4, -0.2) is 36.0 Å². The lowest BCUT2D eigenvalue weighted by molar-refractivity contribution is 0.209. The third kappa shape index (κ3) is 4.08. The van der Waals surface area contributed by atoms with Crippen LogP contribution in [0.4, 0.5) is 0 Å². The van der Waals surface area contributed by atoms with Crippen molar-refractivity contribution in [2.45, 2.75) is 58.5 Å². The van der Waals surface area contributed by atoms with Gasteiger partial charge in [0.2, 0.25) is 0 Å². The maximum Gasteiger partial charge on any atom is 0.0239 e. The molecule has 21 heavy (non-hydrogen) atoms. The van der Waals surface area contributed by atoms with E-state index in [1.165, 1.54) is 70.3 Å². The molecular formula is C19H30N2. The lowest BCUT2D eigenvalue weighted by Gasteiger charge is -2.30. The number of hydrogen-bond donors (Lipinski definition) is 0. The highest BCUT2D eigenvalue weighted by Gasteiger charge is 2.16. The molecule has 2 heterocycles. The summed E-state index contributed by atoms with van der Waals surface area (Å²) in [6.07, 6.45) is 8.37. The predicted molar refractivity (Wildman–Crippen MR) is 89.4 cm³/mol. The number of hydrogen-bond acceptors (Lipinski definition) is 2. The van der Waals surface area contributed by atoms with Gasteiger partial charge in [-0.1, -0.05) is 31.0 Å². The number of nitrogens with zero attached hydrogens (tertiary/aromatic N) is 2. The van der Waals surface area contributed by atoms with Crippen LogP contribution in [0.1, 0.15) is 55.2 Å². The molecule has 0 N–H and O–H groups in total. The Bertz CT molecular complexity index is 443. The smallest absolute Gasteiger partial charge is 0.0239 e. The van der Waals surface area contributed by atoms with E-state index in [4.69, 9.17) is 0 Å². The van der Waals surface area contributed by atoms with Gasteiger partial charge in [0, 0.05) is 13.1 Å². The van der Waals surface area contributed by atoms with Crippen molar-refractivity contribution < 1.29 is 0 Å². The average molecular weight is 286 g/mol. The maximum absolute atomic E-state index is 2.66. The van der Waals surface area contributed by atoms with Gasteiger partial charge in [-0.2, -0.15) is 0 Å². The molecule has 3 rings (SSSR count). The molecule has 0 spiro atoms. The van der Waals surface area contributed by atoms with Gasteiger partial charge in [-0.15, -0.1) is 0 Å². The second kappa shape index (κ2) is 7.42. The maximum atomic E-state index is 2.66. The lowest BCUT2D eigenvalue weighted by atomic mass is 9.99. The summed E-state index contributed by atoms with van der Waals surface area (Å²) in [6, 6.07) is 6.90. The lowest BCUT2D eigenvalue weighted by Crippen LogP contribution is -2.32. The summed E-state index contributed by atoms with van der Waals surface area (Å²) in [7, 11) is 0. The van der Waals surface area contributed by atoms with Gasteiger partial charge in [-0.05, 0) is 75.5 Å². The predicted octanol–water partition coefficient (Wildman–Crippen LogP) is 3.97. The Labute approximate surface area is 130 Å². The highest BCUT2D eigenvalue weighted by Crippen LogP contribution is 2.22. The molecule has 2 saturated heterocycles. The Morgan fingerprint density at radius 3 is 1.95 bits per heavy atom. The minimum absolute atomic E-state index is 1.16. The highest BCUT2D eigenvalue weighted by atomic mass is 15.1. The highest BCUT2D eigenvalue weighted by molar-refractivity contribution is 5.34. The number of likely N-dealkylation sites (tertiary alicyclic amines) is 2. The molecular weight excluding hydrogens is 256 g/mol. The van der Waals surface area contributed by atoms with E-state index < -0.39 is 0 Å². The summed E-state index contributed by atoms with van der Waals surface area (Å²) in [6.45, 7) is 9.77. The SMILES string of the molecule is Cc1cccc(CN2CCCCC2)c1CN1CCCCC1. The van der Waals surface area contributed by atoms with Crippen LogP contribution < -0.4 is 0 Å². The first kappa shape index (κ1) is 15.1. The summed E-state index contributed by atoms with van der Waals surface area (Å²) in [5.74, 6) is 0. The van der Waals surface area contributed by atoms with E-state index in [0.717, 1.165) is 13.1 Å². The van der Waals surface area contributed by atoms with Gasteiger partial charge in [0.15, 0.2) is 0 Å². The molecule has 0 unspecified atom stereocenters. The molecule has 0 atom stereocenters. The van der Waals surface area contributed by atoms with Crippen LogP contribution in [0, 0.1) is 6.92 Å². The fourth-order valence-electron chi connectivity index (χ4n) is 3.84. The molecule has 0 aliphatic carbocycles. The average Bonchev–Trinajstić information content (AvgIpc) is 2.53. The quantitative estimate of drug-likeness (QED) is 0.826. The molecule has 1 aromatic rings. The van der Waals surface area contributed by atoms with Crippen LogP contribution in [0.15, 0.2) is 18.2 Å². The molecule has 1 aromatic carbocycles. The van der Waals surface area contributed by atoms with E-state index >= 15 is 0 Å². The third-order valence-electron chi connectivity index (χ3n) is 5.18. The molecule has 2 aliphatic rings. The number of aryl methyl sites for hydroxylation is 1. The fraction of sp³-hybridized carbons (Fsp3) is 0.684. The van der Waals surface area contributed by atoms with Crippen molar-refractivity contribution in [2.24, 2.45) is 0 Å². The van der Waals surface area contributed by atoms with E-state index in [0.29, 0.717) is 0 Å². The first-order valence-corrected chi connectivity index (χ1v) is 8.85. The Morgan fingerprint density at radius 2 is 1.33 bits per heavy atom. The largest absolute Gasteiger partial charge is 0.299 e. The molecule has 116 valence electrons. The zero-order valence-electron chi connectivity index (χ0n) is 13.6. The standard InChI is InChI=1S/C19H30N2/c1-17-9-8-10-18(15-20-11-4-2-5-12-20)19(17)16-21-13-6-3-7-14-21/h8-10H,2-7,11-16H2,1H3. The van der Waals surface area contributed by atoms with Crippen LogP contribution in [0.3, 0.4) is 0 Å². The van der Waals surface area contributed by atoms with Gasteiger partial charge < -0.3 is 0 Å². The number of rotatable bonds is 4. The van der Waals surface area contributed by atoms with Crippen molar-refractivity contribution in [2.75, 3.05) is 26.2 Å². The topological polar surface area (TPSA) is 6.48 Å². The van der Waals surface area contributed by atoms with E-state index in [9.17, 15) is 0 Å². The normalized spacial score (nSPS) is 21.6. The molecule has 2 heteroatoms. The Kier molecular flexibility index (Phi) is 5.32. The van der Waals surface area contributed by atoms with Crippen LogP contribution in [0.5, 0.6) is 0 Å². The third-order valence-corrected chi connectivity index (χ3v) is 5.18. The van der Waals surface area contributed by atoms with Crippen LogP contribution >= 0.6 is 0 Å². The minimum Gasteiger partial charge on any atom is -0.299 e. The van der Waals surface area contributed by atoms with Crippen LogP contribution in [0.2, 0.25) is 0 Å². The fourth-order valence-corrected chi connectivity index (χ4v) is 3.84. The summed E-state index contributed by atoms with van der Waals surface area (Å²) >= 11 is 0. The zero-order chi connectivity index (χ0) is 14.5. The summed E-state index contributed by atoms with van der Waals surface area (Å²) < 4.78 is 0.